The predicted molar refractivity (Wildman–Crippen MR) is 97.7 cm³/mol. The van der Waals surface area contributed by atoms with E-state index in [9.17, 15) is 0 Å². The molecule has 128 valence electrons. The molecule has 0 aliphatic heterocycles. The maximum Gasteiger partial charge on any atom is 0.00415 e. The molecule has 1 nitrogen and oxygen atoms in total. The lowest BCUT2D eigenvalue weighted by atomic mass is 9.78. The van der Waals surface area contributed by atoms with Crippen LogP contribution in [0.5, 0.6) is 0 Å². The van der Waals surface area contributed by atoms with Gasteiger partial charge in [0, 0.05) is 6.04 Å². The molecule has 0 aromatic carbocycles. The highest BCUT2D eigenvalue weighted by atomic mass is 14.6. The Kier molecular flexibility index (Phi) is 12.5. The Balaban J connectivity index is 3.35. The van der Waals surface area contributed by atoms with Crippen molar-refractivity contribution < 1.29 is 0 Å². The zero-order valence-electron chi connectivity index (χ0n) is 15.7. The molecule has 0 fully saturated rings. The SMILES string of the molecule is CCCCCCCCCCCCC(N)CC(C)C(C)(C)C. The molecule has 2 unspecified atom stereocenters. The molecule has 0 bridgehead atoms. The fourth-order valence-electron chi connectivity index (χ4n) is 2.82. The van der Waals surface area contributed by atoms with Crippen molar-refractivity contribution in [3.63, 3.8) is 0 Å². The van der Waals surface area contributed by atoms with E-state index in [4.69, 9.17) is 5.73 Å². The third kappa shape index (κ3) is 13.4. The van der Waals surface area contributed by atoms with Crippen LogP contribution in [0.3, 0.4) is 0 Å². The van der Waals surface area contributed by atoms with Gasteiger partial charge in [0.25, 0.3) is 0 Å². The van der Waals surface area contributed by atoms with Crippen LogP contribution in [-0.2, 0) is 0 Å². The predicted octanol–water partition coefficient (Wildman–Crippen LogP) is 6.70. The summed E-state index contributed by atoms with van der Waals surface area (Å²) in [5.74, 6) is 0.718. The van der Waals surface area contributed by atoms with Crippen molar-refractivity contribution >= 4 is 0 Å². The van der Waals surface area contributed by atoms with Crippen molar-refractivity contribution in [3.05, 3.63) is 0 Å². The Labute approximate surface area is 135 Å². The Morgan fingerprint density at radius 1 is 0.762 bits per heavy atom. The van der Waals surface area contributed by atoms with Crippen molar-refractivity contribution in [2.75, 3.05) is 0 Å². The van der Waals surface area contributed by atoms with E-state index >= 15 is 0 Å². The van der Waals surface area contributed by atoms with Gasteiger partial charge in [0.2, 0.25) is 0 Å². The zero-order valence-corrected chi connectivity index (χ0v) is 15.7. The molecule has 0 aliphatic carbocycles. The van der Waals surface area contributed by atoms with E-state index < -0.39 is 0 Å². The number of hydrogen-bond donors (Lipinski definition) is 1. The summed E-state index contributed by atoms with van der Waals surface area (Å²) in [6.45, 7) is 11.6. The molecule has 0 amide bonds. The maximum atomic E-state index is 6.28. The van der Waals surface area contributed by atoms with Gasteiger partial charge >= 0.3 is 0 Å². The van der Waals surface area contributed by atoms with Gasteiger partial charge in [-0.3, -0.25) is 0 Å². The molecule has 0 heterocycles. The zero-order chi connectivity index (χ0) is 16.1. The van der Waals surface area contributed by atoms with Gasteiger partial charge in [-0.2, -0.15) is 0 Å². The topological polar surface area (TPSA) is 26.0 Å². The summed E-state index contributed by atoms with van der Waals surface area (Å²) >= 11 is 0. The lowest BCUT2D eigenvalue weighted by Gasteiger charge is -2.29. The van der Waals surface area contributed by atoms with E-state index in [-0.39, 0.29) is 0 Å². The van der Waals surface area contributed by atoms with Crippen molar-refractivity contribution in [3.8, 4) is 0 Å². The standard InChI is InChI=1S/C20H43N/c1-6-7-8-9-10-11-12-13-14-15-16-19(21)17-18(2)20(3,4)5/h18-19H,6-17,21H2,1-5H3. The molecule has 0 aliphatic rings. The molecule has 0 aromatic heterocycles. The monoisotopic (exact) mass is 297 g/mol. The van der Waals surface area contributed by atoms with Crippen LogP contribution in [0.2, 0.25) is 0 Å². The summed E-state index contributed by atoms with van der Waals surface area (Å²) in [6.07, 6.45) is 16.5. The molecule has 2 atom stereocenters. The van der Waals surface area contributed by atoms with Gasteiger partial charge in [-0.25, -0.2) is 0 Å². The number of unbranched alkanes of at least 4 members (excludes halogenated alkanes) is 9. The van der Waals surface area contributed by atoms with E-state index in [1.54, 1.807) is 0 Å². The highest BCUT2D eigenvalue weighted by Gasteiger charge is 2.21. The second kappa shape index (κ2) is 12.5. The van der Waals surface area contributed by atoms with E-state index in [0.717, 1.165) is 5.92 Å². The molecule has 21 heavy (non-hydrogen) atoms. The molecular formula is C20H43N. The molecule has 0 aromatic rings. The first-order valence-corrected chi connectivity index (χ1v) is 9.63. The van der Waals surface area contributed by atoms with Gasteiger partial charge in [-0.15, -0.1) is 0 Å². The van der Waals surface area contributed by atoms with E-state index in [1.165, 1.54) is 77.0 Å². The minimum Gasteiger partial charge on any atom is -0.328 e. The van der Waals surface area contributed by atoms with Crippen LogP contribution < -0.4 is 5.73 Å². The van der Waals surface area contributed by atoms with Gasteiger partial charge in [0.1, 0.15) is 0 Å². The summed E-state index contributed by atoms with van der Waals surface area (Å²) in [5, 5.41) is 0. The molecule has 0 saturated heterocycles. The van der Waals surface area contributed by atoms with E-state index in [0.29, 0.717) is 11.5 Å². The van der Waals surface area contributed by atoms with Crippen molar-refractivity contribution in [2.24, 2.45) is 17.1 Å². The summed E-state index contributed by atoms with van der Waals surface area (Å²) < 4.78 is 0. The molecule has 1 heteroatoms. The highest BCUT2D eigenvalue weighted by molar-refractivity contribution is 4.75. The number of rotatable bonds is 13. The van der Waals surface area contributed by atoms with Crippen LogP contribution in [0, 0.1) is 11.3 Å². The first-order chi connectivity index (χ1) is 9.88. The van der Waals surface area contributed by atoms with Gasteiger partial charge in [0.05, 0.1) is 0 Å². The molecular weight excluding hydrogens is 254 g/mol. The van der Waals surface area contributed by atoms with Crippen molar-refractivity contribution in [2.45, 2.75) is 118 Å². The van der Waals surface area contributed by atoms with E-state index in [1.807, 2.05) is 0 Å². The molecule has 0 radical (unpaired) electrons. The van der Waals surface area contributed by atoms with Crippen LogP contribution in [0.25, 0.3) is 0 Å². The van der Waals surface area contributed by atoms with Crippen LogP contribution >= 0.6 is 0 Å². The largest absolute Gasteiger partial charge is 0.328 e. The maximum absolute atomic E-state index is 6.28. The molecule has 2 N–H and O–H groups in total. The lowest BCUT2D eigenvalue weighted by molar-refractivity contribution is 0.229. The summed E-state index contributed by atoms with van der Waals surface area (Å²) in [4.78, 5) is 0. The second-order valence-corrected chi connectivity index (χ2v) is 8.23. The first-order valence-electron chi connectivity index (χ1n) is 9.63. The Morgan fingerprint density at radius 3 is 1.62 bits per heavy atom. The molecule has 0 rings (SSSR count). The minimum absolute atomic E-state index is 0.398. The second-order valence-electron chi connectivity index (χ2n) is 8.23. The van der Waals surface area contributed by atoms with E-state index in [2.05, 4.69) is 34.6 Å². The van der Waals surface area contributed by atoms with Crippen LogP contribution in [-0.4, -0.2) is 6.04 Å². The fourth-order valence-corrected chi connectivity index (χ4v) is 2.82. The smallest absolute Gasteiger partial charge is 0.00415 e. The summed E-state index contributed by atoms with van der Waals surface area (Å²) in [6, 6.07) is 0.410. The quantitative estimate of drug-likeness (QED) is 0.376. The van der Waals surface area contributed by atoms with Gasteiger partial charge in [-0.1, -0.05) is 98.8 Å². The first kappa shape index (κ1) is 21.0. The van der Waals surface area contributed by atoms with Gasteiger partial charge in [0.15, 0.2) is 0 Å². The average Bonchev–Trinajstić information content (AvgIpc) is 2.39. The van der Waals surface area contributed by atoms with Crippen molar-refractivity contribution in [1.29, 1.82) is 0 Å². The minimum atomic E-state index is 0.398. The number of nitrogens with two attached hydrogens (primary N) is 1. The lowest BCUT2D eigenvalue weighted by Crippen LogP contribution is -2.28. The Morgan fingerprint density at radius 2 is 1.19 bits per heavy atom. The average molecular weight is 298 g/mol. The summed E-state index contributed by atoms with van der Waals surface area (Å²) in [5.41, 5.74) is 6.68. The highest BCUT2D eigenvalue weighted by Crippen LogP contribution is 2.29. The summed E-state index contributed by atoms with van der Waals surface area (Å²) in [7, 11) is 0. The normalized spacial score (nSPS) is 15.1. The molecule has 0 saturated carbocycles. The van der Waals surface area contributed by atoms with Gasteiger partial charge < -0.3 is 5.73 Å². The Hall–Kier alpha value is -0.0400. The van der Waals surface area contributed by atoms with Gasteiger partial charge in [-0.05, 0) is 24.2 Å². The van der Waals surface area contributed by atoms with Crippen LogP contribution in [0.1, 0.15) is 112 Å². The van der Waals surface area contributed by atoms with Crippen LogP contribution in [0.15, 0.2) is 0 Å². The fraction of sp³-hybridized carbons (Fsp3) is 1.00. The van der Waals surface area contributed by atoms with Crippen molar-refractivity contribution in [1.82, 2.24) is 0 Å². The third-order valence-corrected chi connectivity index (χ3v) is 5.06. The number of hydrogen-bond acceptors (Lipinski definition) is 1. The Bertz CT molecular complexity index is 216. The third-order valence-electron chi connectivity index (χ3n) is 5.06. The van der Waals surface area contributed by atoms with Crippen LogP contribution in [0.4, 0.5) is 0 Å². The molecule has 0 spiro atoms.